The van der Waals surface area contributed by atoms with Gasteiger partial charge in [0, 0.05) is 22.4 Å². The van der Waals surface area contributed by atoms with Crippen LogP contribution in [0.4, 0.5) is 0 Å². The van der Waals surface area contributed by atoms with Gasteiger partial charge in [0.1, 0.15) is 0 Å². The molecule has 26 heavy (non-hydrogen) atoms. The van der Waals surface area contributed by atoms with Crippen LogP contribution >= 0.6 is 11.8 Å². The second-order valence-electron chi connectivity index (χ2n) is 6.27. The smallest absolute Gasteiger partial charge is 0.337 e. The maximum absolute atomic E-state index is 11.6. The number of esters is 1. The highest BCUT2D eigenvalue weighted by Gasteiger charge is 2.25. The number of thioether (sulfide) groups is 1. The summed E-state index contributed by atoms with van der Waals surface area (Å²) in [5.41, 5.74) is 2.84. The summed E-state index contributed by atoms with van der Waals surface area (Å²) in [5, 5.41) is 16.1. The lowest BCUT2D eigenvalue weighted by molar-refractivity contribution is 0.0600. The Labute approximate surface area is 155 Å². The number of nitrogens with zero attached hydrogens (tertiary/aromatic N) is 3. The van der Waals surface area contributed by atoms with Gasteiger partial charge >= 0.3 is 5.97 Å². The highest BCUT2D eigenvalue weighted by atomic mass is 32.2. The van der Waals surface area contributed by atoms with Gasteiger partial charge in [-0.1, -0.05) is 0 Å². The third-order valence-corrected chi connectivity index (χ3v) is 6.07. The van der Waals surface area contributed by atoms with E-state index in [9.17, 15) is 9.90 Å². The molecule has 1 aliphatic heterocycles. The largest absolute Gasteiger partial charge is 0.465 e. The lowest BCUT2D eigenvalue weighted by Crippen LogP contribution is -2.12. The first-order valence-corrected chi connectivity index (χ1v) is 9.54. The molecule has 2 atom stereocenters. The van der Waals surface area contributed by atoms with Crippen molar-refractivity contribution in [3.63, 3.8) is 0 Å². The first-order valence-electron chi connectivity index (χ1n) is 8.49. The molecule has 0 bridgehead atoms. The van der Waals surface area contributed by atoms with Crippen molar-refractivity contribution < 1.29 is 14.6 Å². The highest BCUT2D eigenvalue weighted by molar-refractivity contribution is 8.00. The molecule has 7 heteroatoms. The Hall–Kier alpha value is -2.38. The van der Waals surface area contributed by atoms with Gasteiger partial charge in [-0.25, -0.2) is 14.5 Å². The SMILES string of the molecule is COC(=O)c1ccc(-n2ncc3cc([C@H](O)[C@H]4CCCS4)cnc32)cc1. The summed E-state index contributed by atoms with van der Waals surface area (Å²) in [6.45, 7) is 0. The molecule has 1 aliphatic rings. The van der Waals surface area contributed by atoms with Crippen molar-refractivity contribution in [2.75, 3.05) is 12.9 Å². The van der Waals surface area contributed by atoms with E-state index in [0.717, 1.165) is 35.2 Å². The standard InChI is InChI=1S/C19H19N3O3S/c1-25-19(24)12-4-6-15(7-5-12)22-18-14(11-21-22)9-13(10-20-18)17(23)16-3-2-8-26-16/h4-7,9-11,16-17,23H,2-3,8H2,1H3/t16-,17+/m1/s1. The van der Waals surface area contributed by atoms with E-state index >= 15 is 0 Å². The summed E-state index contributed by atoms with van der Waals surface area (Å²) in [6, 6.07) is 8.96. The number of rotatable bonds is 4. The summed E-state index contributed by atoms with van der Waals surface area (Å²) in [4.78, 5) is 16.1. The van der Waals surface area contributed by atoms with Crippen LogP contribution in [0.5, 0.6) is 0 Å². The molecule has 0 amide bonds. The second kappa shape index (κ2) is 7.09. The Morgan fingerprint density at radius 1 is 1.35 bits per heavy atom. The van der Waals surface area contributed by atoms with Crippen molar-refractivity contribution >= 4 is 28.8 Å². The average molecular weight is 369 g/mol. The molecule has 2 aromatic heterocycles. The molecule has 6 nitrogen and oxygen atoms in total. The molecule has 134 valence electrons. The Balaban J connectivity index is 1.64. The van der Waals surface area contributed by atoms with Gasteiger partial charge in [-0.2, -0.15) is 16.9 Å². The van der Waals surface area contributed by atoms with Gasteiger partial charge in [0.05, 0.1) is 30.7 Å². The van der Waals surface area contributed by atoms with Crippen LogP contribution in [0.15, 0.2) is 42.7 Å². The molecule has 1 aromatic carbocycles. The molecule has 0 unspecified atom stereocenters. The summed E-state index contributed by atoms with van der Waals surface area (Å²) >= 11 is 1.82. The predicted molar refractivity (Wildman–Crippen MR) is 101 cm³/mol. The molecule has 0 spiro atoms. The molecule has 0 aliphatic carbocycles. The minimum absolute atomic E-state index is 0.246. The lowest BCUT2D eigenvalue weighted by atomic mass is 10.0. The normalized spacial score (nSPS) is 18.2. The van der Waals surface area contributed by atoms with Gasteiger partial charge in [0.15, 0.2) is 5.65 Å². The van der Waals surface area contributed by atoms with Crippen molar-refractivity contribution in [3.05, 3.63) is 53.9 Å². The number of methoxy groups -OCH3 is 1. The maximum Gasteiger partial charge on any atom is 0.337 e. The highest BCUT2D eigenvalue weighted by Crippen LogP contribution is 2.36. The zero-order valence-electron chi connectivity index (χ0n) is 14.3. The van der Waals surface area contributed by atoms with Crippen molar-refractivity contribution in [3.8, 4) is 5.69 Å². The minimum Gasteiger partial charge on any atom is -0.465 e. The number of carbonyl (C=O) groups excluding carboxylic acids is 1. The molecule has 3 aromatic rings. The molecule has 1 saturated heterocycles. The van der Waals surface area contributed by atoms with Gasteiger partial charge in [-0.15, -0.1) is 0 Å². The Morgan fingerprint density at radius 3 is 2.85 bits per heavy atom. The third-order valence-electron chi connectivity index (χ3n) is 4.62. The van der Waals surface area contributed by atoms with Crippen LogP contribution < -0.4 is 0 Å². The molecular formula is C19H19N3O3S. The van der Waals surface area contributed by atoms with Crippen LogP contribution in [0.2, 0.25) is 0 Å². The van der Waals surface area contributed by atoms with E-state index in [1.54, 1.807) is 41.3 Å². The number of benzene rings is 1. The van der Waals surface area contributed by atoms with Crippen LogP contribution in [0.1, 0.15) is 34.9 Å². The topological polar surface area (TPSA) is 77.2 Å². The number of pyridine rings is 1. The fourth-order valence-corrected chi connectivity index (χ4v) is 4.52. The van der Waals surface area contributed by atoms with Crippen LogP contribution in [0.3, 0.4) is 0 Å². The number of ether oxygens (including phenoxy) is 1. The van der Waals surface area contributed by atoms with E-state index in [2.05, 4.69) is 10.1 Å². The maximum atomic E-state index is 11.6. The van der Waals surface area contributed by atoms with Crippen LogP contribution in [-0.2, 0) is 4.74 Å². The number of fused-ring (bicyclic) bond motifs is 1. The molecule has 1 fully saturated rings. The van der Waals surface area contributed by atoms with Crippen molar-refractivity contribution in [1.82, 2.24) is 14.8 Å². The molecule has 4 rings (SSSR count). The quantitative estimate of drug-likeness (QED) is 0.712. The number of aromatic nitrogens is 3. The Bertz CT molecular complexity index is 933. The third kappa shape index (κ3) is 3.08. The number of hydrogen-bond acceptors (Lipinski definition) is 6. The lowest BCUT2D eigenvalue weighted by Gasteiger charge is -2.17. The van der Waals surface area contributed by atoms with Crippen LogP contribution in [0.25, 0.3) is 16.7 Å². The molecule has 3 heterocycles. The van der Waals surface area contributed by atoms with Crippen LogP contribution in [0, 0.1) is 0 Å². The summed E-state index contributed by atoms with van der Waals surface area (Å²) < 4.78 is 6.43. The zero-order chi connectivity index (χ0) is 18.1. The van der Waals surface area contributed by atoms with Gasteiger partial charge in [0.2, 0.25) is 0 Å². The van der Waals surface area contributed by atoms with E-state index in [-0.39, 0.29) is 11.2 Å². The summed E-state index contributed by atoms with van der Waals surface area (Å²) in [6.07, 6.45) is 5.17. The fourth-order valence-electron chi connectivity index (χ4n) is 3.21. The van der Waals surface area contributed by atoms with E-state index in [4.69, 9.17) is 4.74 Å². The summed E-state index contributed by atoms with van der Waals surface area (Å²) in [7, 11) is 1.36. The van der Waals surface area contributed by atoms with Gasteiger partial charge < -0.3 is 9.84 Å². The van der Waals surface area contributed by atoms with E-state index in [1.165, 1.54) is 7.11 Å². The van der Waals surface area contributed by atoms with Gasteiger partial charge in [-0.05, 0) is 48.9 Å². The Kier molecular flexibility index (Phi) is 4.65. The molecule has 1 N–H and O–H groups in total. The number of carbonyl (C=O) groups is 1. The second-order valence-corrected chi connectivity index (χ2v) is 7.62. The minimum atomic E-state index is -0.498. The van der Waals surface area contributed by atoms with Crippen molar-refractivity contribution in [2.24, 2.45) is 0 Å². The van der Waals surface area contributed by atoms with Crippen molar-refractivity contribution in [2.45, 2.75) is 24.2 Å². The van der Waals surface area contributed by atoms with E-state index in [0.29, 0.717) is 11.2 Å². The number of aliphatic hydroxyl groups is 1. The average Bonchev–Trinajstić information content (AvgIpc) is 3.36. The first kappa shape index (κ1) is 17.1. The summed E-state index contributed by atoms with van der Waals surface area (Å²) in [5.74, 6) is 0.736. The fraction of sp³-hybridized carbons (Fsp3) is 0.316. The zero-order valence-corrected chi connectivity index (χ0v) is 15.1. The number of hydrogen-bond donors (Lipinski definition) is 1. The van der Waals surface area contributed by atoms with E-state index < -0.39 is 6.10 Å². The molecular weight excluding hydrogens is 350 g/mol. The van der Waals surface area contributed by atoms with Gasteiger partial charge in [0.25, 0.3) is 0 Å². The van der Waals surface area contributed by atoms with E-state index in [1.807, 2.05) is 17.8 Å². The van der Waals surface area contributed by atoms with Gasteiger partial charge in [-0.3, -0.25) is 0 Å². The van der Waals surface area contributed by atoms with Crippen molar-refractivity contribution in [1.29, 1.82) is 0 Å². The number of aliphatic hydroxyl groups excluding tert-OH is 1. The molecule has 0 radical (unpaired) electrons. The monoisotopic (exact) mass is 369 g/mol. The Morgan fingerprint density at radius 2 is 2.15 bits per heavy atom. The molecule has 0 saturated carbocycles. The first-order chi connectivity index (χ1) is 12.7. The predicted octanol–water partition coefficient (Wildman–Crippen LogP) is 3.14. The van der Waals surface area contributed by atoms with Crippen LogP contribution in [-0.4, -0.2) is 44.0 Å².